The molecule has 1 saturated heterocycles. The molecule has 0 aliphatic carbocycles. The van der Waals surface area contributed by atoms with E-state index in [2.05, 4.69) is 38.3 Å². The summed E-state index contributed by atoms with van der Waals surface area (Å²) in [6.07, 6.45) is 2.93. The molecule has 25 heavy (non-hydrogen) atoms. The van der Waals surface area contributed by atoms with Crippen LogP contribution in [0.2, 0.25) is 0 Å². The van der Waals surface area contributed by atoms with E-state index >= 15 is 0 Å². The summed E-state index contributed by atoms with van der Waals surface area (Å²) in [6, 6.07) is 6.31. The zero-order valence-corrected chi connectivity index (χ0v) is 16.6. The lowest BCUT2D eigenvalue weighted by Crippen LogP contribution is -2.39. The largest absolute Gasteiger partial charge is 0.349 e. The summed E-state index contributed by atoms with van der Waals surface area (Å²) in [5, 5.41) is 6.60. The van der Waals surface area contributed by atoms with E-state index in [0.29, 0.717) is 18.3 Å². The zero-order valence-electron chi connectivity index (χ0n) is 15.8. The van der Waals surface area contributed by atoms with Crippen LogP contribution in [-0.4, -0.2) is 19.0 Å². The molecule has 2 rings (SSSR count). The summed E-state index contributed by atoms with van der Waals surface area (Å²) in [5.41, 5.74) is 0.813. The van der Waals surface area contributed by atoms with Gasteiger partial charge in [0, 0.05) is 6.42 Å². The van der Waals surface area contributed by atoms with E-state index in [-0.39, 0.29) is 35.6 Å². The van der Waals surface area contributed by atoms with Crippen LogP contribution in [0.1, 0.15) is 58.6 Å². The van der Waals surface area contributed by atoms with Gasteiger partial charge < -0.3 is 10.6 Å². The van der Waals surface area contributed by atoms with Crippen molar-refractivity contribution >= 4 is 18.3 Å². The lowest BCUT2D eigenvalue weighted by atomic mass is 9.81. The van der Waals surface area contributed by atoms with E-state index in [0.717, 1.165) is 18.7 Å². The monoisotopic (exact) mass is 370 g/mol. The third kappa shape index (κ3) is 6.59. The van der Waals surface area contributed by atoms with Gasteiger partial charge in [-0.25, -0.2) is 4.39 Å². The lowest BCUT2D eigenvalue weighted by Gasteiger charge is -2.33. The average Bonchev–Trinajstić information content (AvgIpc) is 2.53. The Morgan fingerprint density at radius 1 is 1.32 bits per heavy atom. The number of benzene rings is 1. The van der Waals surface area contributed by atoms with E-state index in [1.165, 1.54) is 25.0 Å². The topological polar surface area (TPSA) is 41.1 Å². The number of carbonyl (C=O) groups is 1. The van der Waals surface area contributed by atoms with Gasteiger partial charge in [0.15, 0.2) is 0 Å². The molecule has 3 unspecified atom stereocenters. The van der Waals surface area contributed by atoms with E-state index in [1.807, 2.05) is 0 Å². The van der Waals surface area contributed by atoms with E-state index < -0.39 is 0 Å². The molecule has 3 atom stereocenters. The van der Waals surface area contributed by atoms with Crippen molar-refractivity contribution < 1.29 is 9.18 Å². The summed E-state index contributed by atoms with van der Waals surface area (Å²) in [6.45, 7) is 10.5. The van der Waals surface area contributed by atoms with Crippen LogP contribution >= 0.6 is 12.4 Å². The Balaban J connectivity index is 0.00000312. The van der Waals surface area contributed by atoms with Crippen molar-refractivity contribution in [2.24, 2.45) is 17.3 Å². The maximum Gasteiger partial charge on any atom is 0.220 e. The minimum Gasteiger partial charge on any atom is -0.349 e. The zero-order chi connectivity index (χ0) is 17.7. The van der Waals surface area contributed by atoms with Crippen molar-refractivity contribution in [2.45, 2.75) is 53.0 Å². The van der Waals surface area contributed by atoms with Crippen LogP contribution < -0.4 is 10.6 Å². The molecule has 1 heterocycles. The predicted octanol–water partition coefficient (Wildman–Crippen LogP) is 4.48. The van der Waals surface area contributed by atoms with Gasteiger partial charge in [0.2, 0.25) is 5.91 Å². The first-order valence-corrected chi connectivity index (χ1v) is 9.03. The molecule has 1 fully saturated rings. The average molecular weight is 371 g/mol. The highest BCUT2D eigenvalue weighted by atomic mass is 35.5. The summed E-state index contributed by atoms with van der Waals surface area (Å²) >= 11 is 0. The van der Waals surface area contributed by atoms with Crippen LogP contribution in [0, 0.1) is 23.1 Å². The number of amides is 1. The van der Waals surface area contributed by atoms with Crippen LogP contribution in [0.4, 0.5) is 4.39 Å². The Labute approximate surface area is 157 Å². The van der Waals surface area contributed by atoms with Crippen LogP contribution in [0.25, 0.3) is 0 Å². The fraction of sp³-hybridized carbons (Fsp3) is 0.650. The molecule has 0 spiro atoms. The quantitative estimate of drug-likeness (QED) is 0.802. The molecule has 3 nitrogen and oxygen atoms in total. The third-order valence-corrected chi connectivity index (χ3v) is 5.02. The van der Waals surface area contributed by atoms with Crippen molar-refractivity contribution in [3.8, 4) is 0 Å². The highest BCUT2D eigenvalue weighted by Crippen LogP contribution is 2.33. The van der Waals surface area contributed by atoms with Gasteiger partial charge in [-0.2, -0.15) is 0 Å². The molecular formula is C20H32ClFN2O. The second kappa shape index (κ2) is 9.54. The van der Waals surface area contributed by atoms with Gasteiger partial charge in [-0.1, -0.05) is 39.8 Å². The molecule has 0 bridgehead atoms. The predicted molar refractivity (Wildman–Crippen MR) is 103 cm³/mol. The molecule has 2 N–H and O–H groups in total. The van der Waals surface area contributed by atoms with Gasteiger partial charge >= 0.3 is 0 Å². The van der Waals surface area contributed by atoms with Gasteiger partial charge in [-0.3, -0.25) is 4.79 Å². The van der Waals surface area contributed by atoms with Crippen LogP contribution in [0.3, 0.4) is 0 Å². The molecule has 142 valence electrons. The van der Waals surface area contributed by atoms with Gasteiger partial charge in [0.1, 0.15) is 5.82 Å². The summed E-state index contributed by atoms with van der Waals surface area (Å²) < 4.78 is 13.2. The van der Waals surface area contributed by atoms with Crippen molar-refractivity contribution in [1.82, 2.24) is 10.6 Å². The van der Waals surface area contributed by atoms with Crippen LogP contribution in [0.15, 0.2) is 24.3 Å². The Hall–Kier alpha value is -1.13. The minimum atomic E-state index is -0.254. The van der Waals surface area contributed by atoms with Crippen molar-refractivity contribution in [2.75, 3.05) is 13.1 Å². The molecule has 1 aliphatic heterocycles. The fourth-order valence-corrected chi connectivity index (χ4v) is 3.50. The molecule has 0 saturated carbocycles. The Morgan fingerprint density at radius 3 is 2.48 bits per heavy atom. The number of hydrogen-bond donors (Lipinski definition) is 2. The van der Waals surface area contributed by atoms with E-state index in [4.69, 9.17) is 0 Å². The molecule has 5 heteroatoms. The summed E-state index contributed by atoms with van der Waals surface area (Å²) in [5.74, 6) is 0.767. The van der Waals surface area contributed by atoms with Crippen LogP contribution in [-0.2, 0) is 4.79 Å². The van der Waals surface area contributed by atoms with Crippen LogP contribution in [0.5, 0.6) is 0 Å². The molecule has 0 aromatic heterocycles. The molecule has 0 radical (unpaired) electrons. The first kappa shape index (κ1) is 21.9. The van der Waals surface area contributed by atoms with Gasteiger partial charge in [0.05, 0.1) is 6.04 Å². The highest BCUT2D eigenvalue weighted by Gasteiger charge is 2.29. The highest BCUT2D eigenvalue weighted by molar-refractivity contribution is 5.85. The normalized spacial score (nSPS) is 20.3. The smallest absolute Gasteiger partial charge is 0.220 e. The molecular weight excluding hydrogens is 339 g/mol. The summed E-state index contributed by atoms with van der Waals surface area (Å²) in [4.78, 5) is 12.6. The lowest BCUT2D eigenvalue weighted by molar-refractivity contribution is -0.123. The van der Waals surface area contributed by atoms with Gasteiger partial charge in [-0.15, -0.1) is 12.4 Å². The number of carbonyl (C=O) groups excluding carboxylic acids is 1. The second-order valence-electron chi connectivity index (χ2n) is 8.21. The van der Waals surface area contributed by atoms with Gasteiger partial charge in [-0.05, 0) is 60.9 Å². The fourth-order valence-electron chi connectivity index (χ4n) is 3.50. The summed E-state index contributed by atoms with van der Waals surface area (Å²) in [7, 11) is 0. The first-order chi connectivity index (χ1) is 11.3. The van der Waals surface area contributed by atoms with E-state index in [9.17, 15) is 9.18 Å². The SMILES string of the molecule is CC(CC(=O)NC(c1ccc(F)cc1)C(C)(C)C)C1CCCNC1.Cl. The number of piperidine rings is 1. The number of hydrogen-bond acceptors (Lipinski definition) is 2. The molecule has 1 aromatic rings. The first-order valence-electron chi connectivity index (χ1n) is 9.03. The molecule has 1 amide bonds. The van der Waals surface area contributed by atoms with Crippen molar-refractivity contribution in [1.29, 1.82) is 0 Å². The van der Waals surface area contributed by atoms with Crippen molar-refractivity contribution in [3.05, 3.63) is 35.6 Å². The standard InChI is InChI=1S/C20H31FN2O.ClH/c1-14(16-6-5-11-22-13-16)12-18(24)23-19(20(2,3)4)15-7-9-17(21)10-8-15;/h7-10,14,16,19,22H,5-6,11-13H2,1-4H3,(H,23,24);1H. The second-order valence-corrected chi connectivity index (χ2v) is 8.21. The maximum atomic E-state index is 13.2. The molecule has 1 aromatic carbocycles. The van der Waals surface area contributed by atoms with Gasteiger partial charge in [0.25, 0.3) is 0 Å². The van der Waals surface area contributed by atoms with E-state index in [1.54, 1.807) is 12.1 Å². The Bertz CT molecular complexity index is 536. The minimum absolute atomic E-state index is 0. The number of rotatable bonds is 5. The number of halogens is 2. The molecule has 1 aliphatic rings. The third-order valence-electron chi connectivity index (χ3n) is 5.02. The number of nitrogens with one attached hydrogen (secondary N) is 2. The Morgan fingerprint density at radius 2 is 1.96 bits per heavy atom. The van der Waals surface area contributed by atoms with Crippen molar-refractivity contribution in [3.63, 3.8) is 0 Å². The Kier molecular flexibility index (Phi) is 8.36. The maximum absolute atomic E-state index is 13.2.